The minimum Gasteiger partial charge on any atom is -0.463 e. The number of thiazole rings is 1. The van der Waals surface area contributed by atoms with Crippen molar-refractivity contribution in [2.45, 2.75) is 12.8 Å². The zero-order chi connectivity index (χ0) is 17.1. The highest BCUT2D eigenvalue weighted by Crippen LogP contribution is 2.24. The van der Waals surface area contributed by atoms with Crippen molar-refractivity contribution in [2.75, 3.05) is 23.3 Å². The van der Waals surface area contributed by atoms with E-state index in [4.69, 9.17) is 4.42 Å². The van der Waals surface area contributed by atoms with Crippen molar-refractivity contribution in [2.24, 2.45) is 5.92 Å². The van der Waals surface area contributed by atoms with Gasteiger partial charge in [-0.15, -0.1) is 21.5 Å². The highest BCUT2D eigenvalue weighted by atomic mass is 32.1. The highest BCUT2D eigenvalue weighted by molar-refractivity contribution is 7.13. The fraction of sp³-hybridized carbons (Fsp3) is 0.294. The van der Waals surface area contributed by atoms with Gasteiger partial charge in [-0.2, -0.15) is 0 Å². The van der Waals surface area contributed by atoms with Gasteiger partial charge < -0.3 is 14.6 Å². The third-order valence-corrected chi connectivity index (χ3v) is 4.96. The monoisotopic (exact) mass is 355 g/mol. The van der Waals surface area contributed by atoms with Gasteiger partial charge in [-0.3, -0.25) is 4.79 Å². The van der Waals surface area contributed by atoms with Crippen LogP contribution in [-0.4, -0.2) is 34.2 Å². The smallest absolute Gasteiger partial charge is 0.229 e. The van der Waals surface area contributed by atoms with Crippen LogP contribution in [0.4, 0.5) is 10.9 Å². The second-order valence-corrected chi connectivity index (χ2v) is 6.74. The maximum Gasteiger partial charge on any atom is 0.229 e. The molecule has 0 spiro atoms. The first-order valence-electron chi connectivity index (χ1n) is 8.12. The third kappa shape index (κ3) is 3.53. The normalized spacial score (nSPS) is 15.3. The number of furan rings is 1. The largest absolute Gasteiger partial charge is 0.463 e. The van der Waals surface area contributed by atoms with E-state index < -0.39 is 0 Å². The second kappa shape index (κ2) is 7.02. The summed E-state index contributed by atoms with van der Waals surface area (Å²) in [6.45, 7) is 1.56. The quantitative estimate of drug-likeness (QED) is 0.774. The summed E-state index contributed by atoms with van der Waals surface area (Å²) in [4.78, 5) is 18.5. The molecule has 128 valence electrons. The Hall–Kier alpha value is -2.74. The van der Waals surface area contributed by atoms with Gasteiger partial charge in [-0.25, -0.2) is 4.98 Å². The minimum atomic E-state index is 0.00972. The molecule has 1 fully saturated rings. The fourth-order valence-corrected chi connectivity index (χ4v) is 3.44. The van der Waals surface area contributed by atoms with E-state index in [0.717, 1.165) is 31.7 Å². The average molecular weight is 355 g/mol. The van der Waals surface area contributed by atoms with Crippen molar-refractivity contribution in [3.63, 3.8) is 0 Å². The van der Waals surface area contributed by atoms with Gasteiger partial charge in [0.2, 0.25) is 5.91 Å². The summed E-state index contributed by atoms with van der Waals surface area (Å²) in [6.07, 6.45) is 4.89. The van der Waals surface area contributed by atoms with Crippen LogP contribution >= 0.6 is 11.3 Å². The minimum absolute atomic E-state index is 0.00972. The summed E-state index contributed by atoms with van der Waals surface area (Å²) in [5.74, 6) is 1.59. The Morgan fingerprint density at radius 1 is 1.24 bits per heavy atom. The number of nitrogens with zero attached hydrogens (tertiary/aromatic N) is 4. The number of carbonyl (C=O) groups excluding carboxylic acids is 1. The molecule has 0 saturated carbocycles. The van der Waals surface area contributed by atoms with Gasteiger partial charge in [0.15, 0.2) is 16.7 Å². The molecule has 3 aromatic rings. The number of anilines is 2. The molecule has 1 N–H and O–H groups in total. The summed E-state index contributed by atoms with van der Waals surface area (Å²) in [7, 11) is 0. The number of carbonyl (C=O) groups is 1. The van der Waals surface area contributed by atoms with Crippen LogP contribution in [0.3, 0.4) is 0 Å². The van der Waals surface area contributed by atoms with Crippen LogP contribution in [0, 0.1) is 5.92 Å². The fourth-order valence-electron chi connectivity index (χ4n) is 2.91. The molecule has 0 atom stereocenters. The summed E-state index contributed by atoms with van der Waals surface area (Å²) in [5.41, 5.74) is 0.714. The van der Waals surface area contributed by atoms with Crippen LogP contribution in [0.25, 0.3) is 11.5 Å². The van der Waals surface area contributed by atoms with Crippen molar-refractivity contribution in [3.05, 3.63) is 42.1 Å². The lowest BCUT2D eigenvalue weighted by Crippen LogP contribution is -2.38. The summed E-state index contributed by atoms with van der Waals surface area (Å²) < 4.78 is 5.32. The zero-order valence-electron chi connectivity index (χ0n) is 13.5. The molecular weight excluding hydrogens is 338 g/mol. The first kappa shape index (κ1) is 15.8. The molecule has 0 bridgehead atoms. The molecule has 8 heteroatoms. The zero-order valence-corrected chi connectivity index (χ0v) is 14.3. The van der Waals surface area contributed by atoms with E-state index in [0.29, 0.717) is 16.6 Å². The number of hydrogen-bond donors (Lipinski definition) is 1. The van der Waals surface area contributed by atoms with Gasteiger partial charge in [-0.1, -0.05) is 0 Å². The molecule has 1 saturated heterocycles. The molecule has 7 nitrogen and oxygen atoms in total. The Kier molecular flexibility index (Phi) is 4.43. The molecule has 1 amide bonds. The molecule has 0 aliphatic carbocycles. The highest BCUT2D eigenvalue weighted by Gasteiger charge is 2.26. The average Bonchev–Trinajstić information content (AvgIpc) is 3.36. The number of rotatable bonds is 4. The van der Waals surface area contributed by atoms with E-state index in [-0.39, 0.29) is 11.8 Å². The molecule has 0 aromatic carbocycles. The maximum absolute atomic E-state index is 12.3. The van der Waals surface area contributed by atoms with Gasteiger partial charge in [0.05, 0.1) is 6.26 Å². The lowest BCUT2D eigenvalue weighted by molar-refractivity contribution is -0.120. The molecule has 4 rings (SSSR count). The number of amides is 1. The van der Waals surface area contributed by atoms with E-state index >= 15 is 0 Å². The van der Waals surface area contributed by atoms with Crippen molar-refractivity contribution >= 4 is 28.2 Å². The number of nitrogens with one attached hydrogen (secondary N) is 1. The predicted molar refractivity (Wildman–Crippen MR) is 95.4 cm³/mol. The van der Waals surface area contributed by atoms with E-state index in [1.165, 1.54) is 11.3 Å². The lowest BCUT2D eigenvalue weighted by Gasteiger charge is -2.31. The Morgan fingerprint density at radius 3 is 2.76 bits per heavy atom. The Bertz CT molecular complexity index is 809. The predicted octanol–water partition coefficient (Wildman–Crippen LogP) is 3.05. The first-order valence-corrected chi connectivity index (χ1v) is 9.00. The van der Waals surface area contributed by atoms with Crippen molar-refractivity contribution in [1.82, 2.24) is 15.2 Å². The van der Waals surface area contributed by atoms with E-state index in [9.17, 15) is 4.79 Å². The summed E-state index contributed by atoms with van der Waals surface area (Å²) in [6, 6.07) is 7.53. The van der Waals surface area contributed by atoms with E-state index in [1.54, 1.807) is 12.5 Å². The topological polar surface area (TPSA) is 84.2 Å². The van der Waals surface area contributed by atoms with Crippen molar-refractivity contribution in [1.29, 1.82) is 0 Å². The molecular formula is C17H17N5O2S. The Morgan fingerprint density at radius 2 is 2.12 bits per heavy atom. The van der Waals surface area contributed by atoms with Crippen LogP contribution in [0.5, 0.6) is 0 Å². The molecule has 1 aliphatic heterocycles. The molecule has 0 radical (unpaired) electrons. The third-order valence-electron chi connectivity index (χ3n) is 4.28. The lowest BCUT2D eigenvalue weighted by atomic mass is 9.96. The van der Waals surface area contributed by atoms with Gasteiger partial charge in [0.25, 0.3) is 0 Å². The Balaban J connectivity index is 1.34. The number of hydrogen-bond acceptors (Lipinski definition) is 7. The number of piperidine rings is 1. The molecule has 0 unspecified atom stereocenters. The molecule has 4 heterocycles. The first-order chi connectivity index (χ1) is 12.3. The SMILES string of the molecule is O=C(Nc1nccs1)C1CCN(c2ccc(-c3ccco3)nn2)CC1. The summed E-state index contributed by atoms with van der Waals surface area (Å²) >= 11 is 1.43. The molecule has 1 aliphatic rings. The van der Waals surface area contributed by atoms with E-state index in [1.807, 2.05) is 29.6 Å². The molecule has 3 aromatic heterocycles. The van der Waals surface area contributed by atoms with Gasteiger partial charge >= 0.3 is 0 Å². The Labute approximate surface area is 148 Å². The van der Waals surface area contributed by atoms with Crippen LogP contribution in [0.2, 0.25) is 0 Å². The van der Waals surface area contributed by atoms with Gasteiger partial charge in [-0.05, 0) is 37.1 Å². The van der Waals surface area contributed by atoms with E-state index in [2.05, 4.69) is 25.4 Å². The van der Waals surface area contributed by atoms with Crippen LogP contribution in [-0.2, 0) is 4.79 Å². The van der Waals surface area contributed by atoms with Crippen LogP contribution < -0.4 is 10.2 Å². The van der Waals surface area contributed by atoms with Crippen LogP contribution in [0.1, 0.15) is 12.8 Å². The van der Waals surface area contributed by atoms with Crippen molar-refractivity contribution < 1.29 is 9.21 Å². The van der Waals surface area contributed by atoms with Crippen molar-refractivity contribution in [3.8, 4) is 11.5 Å². The van der Waals surface area contributed by atoms with Crippen LogP contribution in [0.15, 0.2) is 46.5 Å². The van der Waals surface area contributed by atoms with Gasteiger partial charge in [0.1, 0.15) is 5.69 Å². The molecule has 25 heavy (non-hydrogen) atoms. The number of aromatic nitrogens is 3. The van der Waals surface area contributed by atoms with Gasteiger partial charge in [0, 0.05) is 30.6 Å². The second-order valence-electron chi connectivity index (χ2n) is 5.84. The summed E-state index contributed by atoms with van der Waals surface area (Å²) in [5, 5.41) is 13.9. The maximum atomic E-state index is 12.3. The standard InChI is InChI=1S/C17H17N5O2S/c23-16(19-17-18-7-11-25-17)12-5-8-22(9-6-12)15-4-3-13(20-21-15)14-2-1-10-24-14/h1-4,7,10-12H,5-6,8-9H2,(H,18,19,23).